The normalized spacial score (nSPS) is 23.0. The Balaban J connectivity index is 0.000000189. The van der Waals surface area contributed by atoms with Crippen LogP contribution in [0, 0.1) is 22.7 Å². The number of nitriles is 2. The van der Waals surface area contributed by atoms with Gasteiger partial charge in [0.15, 0.2) is 0 Å². The Morgan fingerprint density at radius 1 is 0.719 bits per heavy atom. The average molecular weight is 1280 g/mol. The fourth-order valence-corrected chi connectivity index (χ4v) is 17.9. The summed E-state index contributed by atoms with van der Waals surface area (Å²) in [7, 11) is 8.16. The fraction of sp³-hybridized carbons (Fsp3) is 0.594. The Morgan fingerprint density at radius 2 is 1.21 bits per heavy atom. The summed E-state index contributed by atoms with van der Waals surface area (Å²) < 4.78 is 28.3. The average Bonchev–Trinajstić information content (AvgIpc) is 1.65. The summed E-state index contributed by atoms with van der Waals surface area (Å²) in [6.45, 7) is 22.3. The molecule has 0 aromatic carbocycles. The van der Waals surface area contributed by atoms with E-state index >= 15 is 0 Å². The Kier molecular flexibility index (Phi) is 19.2. The summed E-state index contributed by atoms with van der Waals surface area (Å²) in [6, 6.07) is 14.6. The van der Waals surface area contributed by atoms with Crippen molar-refractivity contribution in [2.45, 2.75) is 153 Å². The number of thiophene rings is 2. The van der Waals surface area contributed by atoms with Crippen molar-refractivity contribution in [3.63, 3.8) is 0 Å². The van der Waals surface area contributed by atoms with E-state index in [1.807, 2.05) is 51.9 Å². The molecule has 4 aliphatic heterocycles. The summed E-state index contributed by atoms with van der Waals surface area (Å²) in [5.74, 6) is 1.62. The number of carbonyl (C=O) groups excluding carboxylic acids is 1. The number of nitrogen functional groups attached to an aromatic ring is 1. The molecule has 10 heterocycles. The zero-order valence-electron chi connectivity index (χ0n) is 53.4. The number of nitrogens with zero attached hydrogens (tertiary/aromatic N) is 15. The van der Waals surface area contributed by atoms with E-state index in [0.717, 1.165) is 152 Å². The number of fused-ring (bicyclic) bond motifs is 2. The SMILES string of the molecule is C[C@H](Oc1nc(-c2cc([C@@]3(C)CCCc4sc(N)c(C#N)c43)sn2)cc(N2CCNCC2)n1)[C@@H]1CCCN1C.C[C@H](Oc1nc(-c2cc([C@@]3(C)CCCc4sc(N=CN(C)C)c(C#N)c43)sn2)cc(N2CCN(C(=O)OC(C)(C)C)CC2)n1)[C@@H]1CCCN1C. The van der Waals surface area contributed by atoms with Crippen LogP contribution >= 0.6 is 45.7 Å². The molecule has 6 aromatic heterocycles. The maximum atomic E-state index is 12.8. The topological polar surface area (TPSA) is 240 Å². The van der Waals surface area contributed by atoms with Crippen LogP contribution in [0.1, 0.15) is 142 Å². The summed E-state index contributed by atoms with van der Waals surface area (Å²) in [5, 5.41) is 25.0. The lowest BCUT2D eigenvalue weighted by molar-refractivity contribution is 0.0240. The second-order valence-corrected chi connectivity index (χ2v) is 30.0. The van der Waals surface area contributed by atoms with Gasteiger partial charge in [-0.3, -0.25) is 9.80 Å². The molecular weight excluding hydrogens is 1200 g/mol. The van der Waals surface area contributed by atoms with E-state index < -0.39 is 5.60 Å². The minimum atomic E-state index is -0.545. The third-order valence-corrected chi connectivity index (χ3v) is 22.7. The van der Waals surface area contributed by atoms with E-state index in [4.69, 9.17) is 48.6 Å². The van der Waals surface area contributed by atoms with Gasteiger partial charge in [0.2, 0.25) is 0 Å². The molecule has 0 saturated carbocycles. The highest BCUT2D eigenvalue weighted by atomic mass is 32.1. The van der Waals surface area contributed by atoms with Crippen molar-refractivity contribution in [1.82, 2.24) is 53.6 Å². The highest BCUT2D eigenvalue weighted by Gasteiger charge is 2.43. The fourth-order valence-electron chi connectivity index (χ4n) is 13.6. The number of aromatic nitrogens is 6. The number of piperazine rings is 2. The van der Waals surface area contributed by atoms with Gasteiger partial charge in [-0.25, -0.2) is 9.79 Å². The molecule has 6 aliphatic rings. The van der Waals surface area contributed by atoms with Gasteiger partial charge in [0, 0.05) is 121 Å². The molecule has 4 saturated heterocycles. The van der Waals surface area contributed by atoms with E-state index in [9.17, 15) is 15.3 Å². The first kappa shape index (κ1) is 64.0. The first-order valence-corrected chi connectivity index (χ1v) is 34.5. The standard InChI is InChI=1S/C36H49N9O3S2.C28H36N8OS2/c1-23(27-11-10-14-43(27)8)47-33-39-25(20-30(40-33)44-15-17-45(18-16-44)34(46)48-35(2,3)4)26-19-29(50-41-26)36(5)13-9-12-28-31(36)24(21-37)32(49-28)38-22-42(6)7;1-17(21-6-5-11-35(21)3)37-27-32-19(15-24(33-27)36-12-9-31-10-13-36)20-14-23(39-34-20)28(2)8-4-7-22-25(28)18(16-29)26(30)38-22/h19-20,22-23,27H,9-18H2,1-8H3;14-15,17,21,31H,4-13,30H2,1-3H3/t23-,27-,36+;17-,21-,28+/m00/s1. The number of aliphatic imine (C=N–C) groups is 1. The van der Waals surface area contributed by atoms with Crippen LogP contribution in [0.25, 0.3) is 22.8 Å². The number of hydrogen-bond acceptors (Lipinski definition) is 23. The van der Waals surface area contributed by atoms with Gasteiger partial charge in [0.25, 0.3) is 0 Å². The molecule has 0 unspecified atom stereocenters. The number of anilines is 3. The molecule has 0 bridgehead atoms. The van der Waals surface area contributed by atoms with Crippen LogP contribution in [0.5, 0.6) is 12.0 Å². The highest BCUT2D eigenvalue weighted by Crippen LogP contribution is 2.53. The molecule has 25 heteroatoms. The van der Waals surface area contributed by atoms with Crippen LogP contribution in [0.2, 0.25) is 0 Å². The molecule has 0 spiro atoms. The van der Waals surface area contributed by atoms with Crippen molar-refractivity contribution in [2.24, 2.45) is 4.99 Å². The number of likely N-dealkylation sites (tertiary alicyclic amines) is 2. The molecule has 6 aromatic rings. The Bertz CT molecular complexity index is 3620. The van der Waals surface area contributed by atoms with E-state index in [1.165, 1.54) is 39.2 Å². The van der Waals surface area contributed by atoms with Crippen LogP contribution in [0.4, 0.5) is 26.4 Å². The number of amides is 1. The lowest BCUT2D eigenvalue weighted by Crippen LogP contribution is -2.50. The number of ether oxygens (including phenoxy) is 3. The largest absolute Gasteiger partial charge is 0.459 e. The van der Waals surface area contributed by atoms with Crippen molar-refractivity contribution in [3.05, 3.63) is 66.0 Å². The quantitative estimate of drug-likeness (QED) is 0.0761. The van der Waals surface area contributed by atoms with Gasteiger partial charge in [0.05, 0.1) is 28.9 Å². The lowest BCUT2D eigenvalue weighted by atomic mass is 9.71. The maximum absolute atomic E-state index is 12.8. The number of carbonyl (C=O) groups is 1. The smallest absolute Gasteiger partial charge is 0.410 e. The molecule has 2 aliphatic carbocycles. The third-order valence-electron chi connectivity index (χ3n) is 18.4. The van der Waals surface area contributed by atoms with Crippen LogP contribution in [-0.4, -0.2) is 184 Å². The van der Waals surface area contributed by atoms with Gasteiger partial charge in [-0.15, -0.1) is 22.7 Å². The van der Waals surface area contributed by atoms with Gasteiger partial charge >= 0.3 is 18.1 Å². The molecule has 6 atom stereocenters. The van der Waals surface area contributed by atoms with E-state index in [2.05, 4.69) is 96.0 Å². The van der Waals surface area contributed by atoms with E-state index in [0.29, 0.717) is 72.1 Å². The molecular formula is C64H85N17O4S4. The molecule has 1 amide bonds. The first-order chi connectivity index (χ1) is 42.6. The van der Waals surface area contributed by atoms with Gasteiger partial charge in [-0.05, 0) is 172 Å². The zero-order chi connectivity index (χ0) is 62.9. The van der Waals surface area contributed by atoms with Crippen molar-refractivity contribution >= 4 is 79.8 Å². The Morgan fingerprint density at radius 3 is 1.69 bits per heavy atom. The Labute approximate surface area is 540 Å². The molecule has 474 valence electrons. The second-order valence-electron chi connectivity index (χ2n) is 26.2. The van der Waals surface area contributed by atoms with Crippen LogP contribution in [0.15, 0.2) is 29.3 Å². The molecule has 0 radical (unpaired) electrons. The van der Waals surface area contributed by atoms with Crippen molar-refractivity contribution in [1.29, 1.82) is 10.5 Å². The minimum absolute atomic E-state index is 0.0114. The van der Waals surface area contributed by atoms with Gasteiger partial charge in [-0.1, -0.05) is 13.8 Å². The lowest BCUT2D eigenvalue weighted by Gasteiger charge is -2.36. The molecule has 89 heavy (non-hydrogen) atoms. The maximum Gasteiger partial charge on any atom is 0.410 e. The van der Waals surface area contributed by atoms with Crippen molar-refractivity contribution < 1.29 is 19.0 Å². The van der Waals surface area contributed by atoms with Gasteiger partial charge in [-0.2, -0.15) is 39.2 Å². The summed E-state index contributed by atoms with van der Waals surface area (Å²) in [6.07, 6.45) is 11.8. The number of nitrogens with one attached hydrogen (secondary N) is 1. The van der Waals surface area contributed by atoms with Crippen molar-refractivity contribution in [2.75, 3.05) is 109 Å². The highest BCUT2D eigenvalue weighted by molar-refractivity contribution is 7.16. The number of nitrogens with two attached hydrogens (primary N) is 1. The van der Waals surface area contributed by atoms with Crippen molar-refractivity contribution in [3.8, 4) is 46.9 Å². The molecule has 12 rings (SSSR count). The molecule has 4 fully saturated rings. The molecule has 21 nitrogen and oxygen atoms in total. The molecule has 3 N–H and O–H groups in total. The third kappa shape index (κ3) is 13.7. The van der Waals surface area contributed by atoms with Gasteiger partial charge in [0.1, 0.15) is 63.0 Å². The second kappa shape index (κ2) is 26.7. The number of likely N-dealkylation sites (N-methyl/N-ethyl adjacent to an activating group) is 2. The van der Waals surface area contributed by atoms with E-state index in [-0.39, 0.29) is 29.1 Å². The number of hydrogen-bond donors (Lipinski definition) is 2. The zero-order valence-corrected chi connectivity index (χ0v) is 56.7. The van der Waals surface area contributed by atoms with Crippen LogP contribution in [0.3, 0.4) is 0 Å². The Hall–Kier alpha value is -6.58. The predicted molar refractivity (Wildman–Crippen MR) is 356 cm³/mol. The first-order valence-electron chi connectivity index (χ1n) is 31.4. The van der Waals surface area contributed by atoms with Gasteiger partial charge < -0.3 is 44.9 Å². The summed E-state index contributed by atoms with van der Waals surface area (Å²) in [5.41, 5.74) is 11.6. The summed E-state index contributed by atoms with van der Waals surface area (Å²) in [4.78, 5) is 54.5. The monoisotopic (exact) mass is 1280 g/mol. The number of aryl methyl sites for hydroxylation is 2. The minimum Gasteiger partial charge on any atom is -0.459 e. The van der Waals surface area contributed by atoms with Crippen LogP contribution in [-0.2, 0) is 28.4 Å². The summed E-state index contributed by atoms with van der Waals surface area (Å²) >= 11 is 6.16. The number of rotatable bonds is 14. The van der Waals surface area contributed by atoms with Crippen LogP contribution < -0.4 is 30.3 Å². The van der Waals surface area contributed by atoms with E-state index in [1.54, 1.807) is 33.9 Å². The predicted octanol–water partition coefficient (Wildman–Crippen LogP) is 10.3.